The van der Waals surface area contributed by atoms with Gasteiger partial charge in [0.1, 0.15) is 11.6 Å². The van der Waals surface area contributed by atoms with E-state index in [0.29, 0.717) is 11.4 Å². The van der Waals surface area contributed by atoms with Gasteiger partial charge in [-0.15, -0.1) is 11.8 Å². The van der Waals surface area contributed by atoms with Crippen molar-refractivity contribution in [3.63, 3.8) is 0 Å². The zero-order chi connectivity index (χ0) is 26.6. The highest BCUT2D eigenvalue weighted by Gasteiger charge is 2.30. The lowest BCUT2D eigenvalue weighted by molar-refractivity contribution is -0.119. The number of aryl methyl sites for hydroxylation is 1. The van der Waals surface area contributed by atoms with Crippen LogP contribution in [0.15, 0.2) is 95.0 Å². The number of hydrogen-bond acceptors (Lipinski definition) is 5. The van der Waals surface area contributed by atoms with Crippen molar-refractivity contribution in [1.82, 2.24) is 14.9 Å². The second kappa shape index (κ2) is 10.8. The second-order valence-corrected chi connectivity index (χ2v) is 9.87. The quantitative estimate of drug-likeness (QED) is 0.416. The minimum Gasteiger partial charge on any atom is -0.339 e. The number of nitrogens with one attached hydrogen (secondary N) is 1. The van der Waals surface area contributed by atoms with Gasteiger partial charge in [-0.1, -0.05) is 30.0 Å². The van der Waals surface area contributed by atoms with Crippen LogP contribution in [0.2, 0.25) is 0 Å². The highest BCUT2D eigenvalue weighted by Crippen LogP contribution is 2.34. The molecular formula is C30H24N4O3S. The minimum atomic E-state index is -0.805. The number of nitrogens with zero attached hydrogens (tertiary/aromatic N) is 3. The van der Waals surface area contributed by atoms with Crippen molar-refractivity contribution in [1.29, 1.82) is 0 Å². The van der Waals surface area contributed by atoms with Crippen molar-refractivity contribution in [2.75, 3.05) is 17.7 Å². The molecule has 0 bridgehead atoms. The van der Waals surface area contributed by atoms with Gasteiger partial charge in [0.25, 0.3) is 5.91 Å². The van der Waals surface area contributed by atoms with Gasteiger partial charge in [-0.2, -0.15) is 0 Å². The maximum Gasteiger partial charge on any atom is 0.257 e. The topological polar surface area (TPSA) is 84.3 Å². The molecule has 38 heavy (non-hydrogen) atoms. The fourth-order valence-electron chi connectivity index (χ4n) is 4.17. The average Bonchev–Trinajstić information content (AvgIpc) is 3.05. The van der Waals surface area contributed by atoms with Crippen molar-refractivity contribution in [3.8, 4) is 17.5 Å². The first kappa shape index (κ1) is 25.1. The number of rotatable bonds is 3. The van der Waals surface area contributed by atoms with E-state index in [1.807, 2.05) is 67.6 Å². The Morgan fingerprint density at radius 1 is 1.03 bits per heavy atom. The van der Waals surface area contributed by atoms with Crippen molar-refractivity contribution >= 4 is 29.3 Å². The predicted octanol–water partition coefficient (Wildman–Crippen LogP) is 3.81. The number of likely N-dealkylation sites (N-methyl/N-ethyl adjacent to an activating group) is 1. The van der Waals surface area contributed by atoms with E-state index in [2.05, 4.69) is 22.1 Å². The van der Waals surface area contributed by atoms with Crippen LogP contribution in [0.4, 0.5) is 5.69 Å². The Morgan fingerprint density at radius 3 is 2.58 bits per heavy atom. The zero-order valence-corrected chi connectivity index (χ0v) is 21.7. The summed E-state index contributed by atoms with van der Waals surface area (Å²) in [5, 5.41) is 2.79. The average molecular weight is 521 g/mol. The zero-order valence-electron chi connectivity index (χ0n) is 20.8. The third kappa shape index (κ3) is 5.24. The molecule has 3 heterocycles. The molecule has 1 aliphatic rings. The van der Waals surface area contributed by atoms with Crippen LogP contribution in [-0.2, 0) is 4.79 Å². The summed E-state index contributed by atoms with van der Waals surface area (Å²) in [5.74, 6) is 5.68. The first-order valence-electron chi connectivity index (χ1n) is 12.0. The molecule has 2 amide bonds. The summed E-state index contributed by atoms with van der Waals surface area (Å²) in [6, 6.07) is 19.5. The summed E-state index contributed by atoms with van der Waals surface area (Å²) in [7, 11) is 1.68. The van der Waals surface area contributed by atoms with E-state index in [1.165, 1.54) is 28.9 Å². The first-order chi connectivity index (χ1) is 18.4. The monoisotopic (exact) mass is 520 g/mol. The van der Waals surface area contributed by atoms with Crippen LogP contribution < -0.4 is 15.6 Å². The van der Waals surface area contributed by atoms with E-state index in [1.54, 1.807) is 24.0 Å². The van der Waals surface area contributed by atoms with Crippen molar-refractivity contribution in [2.45, 2.75) is 17.9 Å². The number of amides is 2. The van der Waals surface area contributed by atoms with Crippen LogP contribution in [0.25, 0.3) is 5.69 Å². The second-order valence-electron chi connectivity index (χ2n) is 8.81. The predicted molar refractivity (Wildman–Crippen MR) is 149 cm³/mol. The molecule has 7 nitrogen and oxygen atoms in total. The van der Waals surface area contributed by atoms with E-state index < -0.39 is 17.4 Å². The fourth-order valence-corrected chi connectivity index (χ4v) is 5.25. The molecule has 0 unspecified atom stereocenters. The number of pyridine rings is 2. The Kier molecular flexibility index (Phi) is 7.11. The highest BCUT2D eigenvalue weighted by atomic mass is 32.2. The number of anilines is 1. The smallest absolute Gasteiger partial charge is 0.257 e. The summed E-state index contributed by atoms with van der Waals surface area (Å²) in [5.41, 5.74) is 3.40. The summed E-state index contributed by atoms with van der Waals surface area (Å²) >= 11 is 1.47. The molecular weight excluding hydrogens is 496 g/mol. The lowest BCUT2D eigenvalue weighted by Gasteiger charge is -2.22. The van der Waals surface area contributed by atoms with E-state index >= 15 is 0 Å². The van der Waals surface area contributed by atoms with Gasteiger partial charge in [-0.3, -0.25) is 19.4 Å². The van der Waals surface area contributed by atoms with Crippen molar-refractivity contribution in [3.05, 3.63) is 118 Å². The summed E-state index contributed by atoms with van der Waals surface area (Å²) in [6.07, 6.45) is 4.92. The molecule has 1 atom stereocenters. The van der Waals surface area contributed by atoms with E-state index in [-0.39, 0.29) is 11.5 Å². The Balaban J connectivity index is 1.37. The van der Waals surface area contributed by atoms with Crippen molar-refractivity contribution < 1.29 is 9.59 Å². The molecule has 5 rings (SSSR count). The molecule has 0 saturated heterocycles. The standard InChI is InChI=1S/C30H24N4O3S/c1-20-15-27(35)24(18-34(20)23-8-4-3-5-9-23)29(36)32-25-19-38-28-13-12-21(16-26(28)33(2)30(25)37)10-11-22-7-6-14-31-17-22/h3-9,12-18,25H,19H2,1-2H3,(H,32,36)/t25-/m0/s1. The van der Waals surface area contributed by atoms with Gasteiger partial charge >= 0.3 is 0 Å². The molecule has 0 spiro atoms. The number of benzene rings is 2. The van der Waals surface area contributed by atoms with Crippen LogP contribution in [-0.4, -0.2) is 40.2 Å². The Morgan fingerprint density at radius 2 is 1.82 bits per heavy atom. The number of fused-ring (bicyclic) bond motifs is 1. The molecule has 0 aliphatic carbocycles. The molecule has 4 aromatic rings. The van der Waals surface area contributed by atoms with Gasteiger partial charge in [-0.25, -0.2) is 0 Å². The molecule has 2 aromatic carbocycles. The number of hydrogen-bond donors (Lipinski definition) is 1. The summed E-state index contributed by atoms with van der Waals surface area (Å²) < 4.78 is 1.79. The molecule has 2 aromatic heterocycles. The van der Waals surface area contributed by atoms with Gasteiger partial charge in [-0.05, 0) is 49.4 Å². The van der Waals surface area contributed by atoms with E-state index in [0.717, 1.165) is 27.4 Å². The van der Waals surface area contributed by atoms with Gasteiger partial charge in [0, 0.05) is 64.9 Å². The maximum atomic E-state index is 13.4. The largest absolute Gasteiger partial charge is 0.339 e. The number of carbonyl (C=O) groups is 2. The Hall–Kier alpha value is -4.61. The van der Waals surface area contributed by atoms with Gasteiger partial charge in [0.05, 0.1) is 5.69 Å². The molecule has 0 saturated carbocycles. The first-order valence-corrected chi connectivity index (χ1v) is 13.0. The van der Waals surface area contributed by atoms with E-state index in [4.69, 9.17) is 0 Å². The third-order valence-electron chi connectivity index (χ3n) is 6.20. The maximum absolute atomic E-state index is 13.4. The lowest BCUT2D eigenvalue weighted by Crippen LogP contribution is -2.49. The summed E-state index contributed by atoms with van der Waals surface area (Å²) in [4.78, 5) is 45.8. The molecule has 0 fully saturated rings. The van der Waals surface area contributed by atoms with E-state index in [9.17, 15) is 14.4 Å². The highest BCUT2D eigenvalue weighted by molar-refractivity contribution is 7.99. The van der Waals surface area contributed by atoms with Crippen LogP contribution in [0, 0.1) is 18.8 Å². The van der Waals surface area contributed by atoms with Crippen LogP contribution in [0.1, 0.15) is 27.2 Å². The number of aromatic nitrogens is 2. The lowest BCUT2D eigenvalue weighted by atomic mass is 10.1. The SMILES string of the molecule is Cc1cc(=O)c(C(=O)N[C@H]2CSc3ccc(C#Cc4cccnc4)cc3N(C)C2=O)cn1-c1ccccc1. The normalized spacial score (nSPS) is 14.6. The Labute approximate surface area is 224 Å². The summed E-state index contributed by atoms with van der Waals surface area (Å²) in [6.45, 7) is 1.81. The third-order valence-corrected chi connectivity index (χ3v) is 7.35. The molecule has 1 N–H and O–H groups in total. The van der Waals surface area contributed by atoms with Crippen LogP contribution in [0.3, 0.4) is 0 Å². The molecule has 188 valence electrons. The molecule has 1 aliphatic heterocycles. The number of thioether (sulfide) groups is 1. The number of para-hydroxylation sites is 1. The van der Waals surface area contributed by atoms with Crippen LogP contribution in [0.5, 0.6) is 0 Å². The van der Waals surface area contributed by atoms with Crippen LogP contribution >= 0.6 is 11.8 Å². The number of carbonyl (C=O) groups excluding carboxylic acids is 2. The molecule has 0 radical (unpaired) electrons. The molecule has 8 heteroatoms. The van der Waals surface area contributed by atoms with Gasteiger partial charge in [0.15, 0.2) is 5.43 Å². The van der Waals surface area contributed by atoms with Crippen molar-refractivity contribution in [2.24, 2.45) is 0 Å². The fraction of sp³-hybridized carbons (Fsp3) is 0.133. The van der Waals surface area contributed by atoms with Gasteiger partial charge < -0.3 is 14.8 Å². The Bertz CT molecular complexity index is 1640. The minimum absolute atomic E-state index is 0.0189. The van der Waals surface area contributed by atoms with Gasteiger partial charge in [0.2, 0.25) is 5.91 Å².